The van der Waals surface area contributed by atoms with Gasteiger partial charge in [0.1, 0.15) is 4.21 Å². The molecule has 146 valence electrons. The second-order valence-electron chi connectivity index (χ2n) is 6.95. The molecule has 1 aliphatic carbocycles. The minimum absolute atomic E-state index is 0.00698. The van der Waals surface area contributed by atoms with Crippen molar-refractivity contribution >= 4 is 44.6 Å². The summed E-state index contributed by atoms with van der Waals surface area (Å²) >= 11 is 7.31. The molecule has 0 spiro atoms. The highest BCUT2D eigenvalue weighted by molar-refractivity contribution is 7.91. The number of nitrogens with one attached hydrogen (secondary N) is 2. The fourth-order valence-corrected chi connectivity index (χ4v) is 5.59. The van der Waals surface area contributed by atoms with E-state index in [4.69, 9.17) is 11.6 Å². The standard InChI is InChI=1S/C19H23ClN2O3S2/c1-13-4-9-16(11-17(13)20)22-19(23)15-7-5-14(6-8-15)12-21-27(24,25)18-3-2-10-26-18/h2-4,9-11,14-15,21H,5-8,12H2,1H3,(H,22,23). The smallest absolute Gasteiger partial charge is 0.250 e. The van der Waals surface area contributed by atoms with Crippen LogP contribution >= 0.6 is 22.9 Å². The molecule has 0 unspecified atom stereocenters. The SMILES string of the molecule is Cc1ccc(NC(=O)C2CCC(CNS(=O)(=O)c3cccs3)CC2)cc1Cl. The van der Waals surface area contributed by atoms with Gasteiger partial charge in [-0.1, -0.05) is 23.7 Å². The average molecular weight is 427 g/mol. The number of thiophene rings is 1. The predicted octanol–water partition coefficient (Wildman–Crippen LogP) is 4.43. The van der Waals surface area contributed by atoms with Gasteiger partial charge in [-0.3, -0.25) is 4.79 Å². The maximum Gasteiger partial charge on any atom is 0.250 e. The quantitative estimate of drug-likeness (QED) is 0.717. The molecule has 2 aromatic rings. The molecular weight excluding hydrogens is 404 g/mol. The second kappa shape index (κ2) is 8.73. The molecule has 27 heavy (non-hydrogen) atoms. The number of hydrogen-bond donors (Lipinski definition) is 2. The minimum Gasteiger partial charge on any atom is -0.326 e. The van der Waals surface area contributed by atoms with Crippen LogP contribution in [0.25, 0.3) is 0 Å². The number of carbonyl (C=O) groups excluding carboxylic acids is 1. The van der Waals surface area contributed by atoms with Gasteiger partial charge in [-0.15, -0.1) is 11.3 Å². The first-order valence-corrected chi connectivity index (χ1v) is 11.7. The van der Waals surface area contributed by atoms with Crippen molar-refractivity contribution in [3.8, 4) is 0 Å². The normalized spacial score (nSPS) is 20.4. The Balaban J connectivity index is 1.47. The van der Waals surface area contributed by atoms with E-state index < -0.39 is 10.0 Å². The molecule has 0 aliphatic heterocycles. The number of hydrogen-bond acceptors (Lipinski definition) is 4. The van der Waals surface area contributed by atoms with E-state index in [1.165, 1.54) is 11.3 Å². The van der Waals surface area contributed by atoms with Crippen LogP contribution in [0.4, 0.5) is 5.69 Å². The average Bonchev–Trinajstić information content (AvgIpc) is 3.19. The van der Waals surface area contributed by atoms with Gasteiger partial charge in [0.25, 0.3) is 0 Å². The molecule has 3 rings (SSSR count). The van der Waals surface area contributed by atoms with Crippen LogP contribution in [0, 0.1) is 18.8 Å². The monoisotopic (exact) mass is 426 g/mol. The summed E-state index contributed by atoms with van der Waals surface area (Å²) < 4.78 is 27.4. The topological polar surface area (TPSA) is 75.3 Å². The molecule has 5 nitrogen and oxygen atoms in total. The Morgan fingerprint density at radius 3 is 2.59 bits per heavy atom. The highest BCUT2D eigenvalue weighted by atomic mass is 35.5. The van der Waals surface area contributed by atoms with Gasteiger partial charge < -0.3 is 5.32 Å². The van der Waals surface area contributed by atoms with Crippen molar-refractivity contribution in [1.29, 1.82) is 0 Å². The van der Waals surface area contributed by atoms with Crippen molar-refractivity contribution in [3.05, 3.63) is 46.3 Å². The van der Waals surface area contributed by atoms with Crippen LogP contribution in [0.15, 0.2) is 39.9 Å². The maximum atomic E-state index is 12.5. The molecule has 0 saturated heterocycles. The van der Waals surface area contributed by atoms with E-state index in [0.717, 1.165) is 31.2 Å². The fourth-order valence-electron chi connectivity index (χ4n) is 3.26. The highest BCUT2D eigenvalue weighted by Gasteiger charge is 2.27. The summed E-state index contributed by atoms with van der Waals surface area (Å²) in [7, 11) is -3.42. The highest BCUT2D eigenvalue weighted by Crippen LogP contribution is 2.30. The lowest BCUT2D eigenvalue weighted by Crippen LogP contribution is -2.33. The Hall–Kier alpha value is -1.41. The van der Waals surface area contributed by atoms with Crippen LogP contribution in [0.1, 0.15) is 31.2 Å². The number of amides is 1. The van der Waals surface area contributed by atoms with E-state index in [0.29, 0.717) is 21.5 Å². The van der Waals surface area contributed by atoms with Crippen LogP contribution in [-0.4, -0.2) is 20.9 Å². The number of rotatable bonds is 6. The molecule has 0 atom stereocenters. The van der Waals surface area contributed by atoms with Crippen LogP contribution in [-0.2, 0) is 14.8 Å². The molecule has 2 N–H and O–H groups in total. The number of anilines is 1. The van der Waals surface area contributed by atoms with Crippen molar-refractivity contribution < 1.29 is 13.2 Å². The van der Waals surface area contributed by atoms with Gasteiger partial charge in [-0.25, -0.2) is 13.1 Å². The molecule has 1 aromatic heterocycles. The van der Waals surface area contributed by atoms with Crippen LogP contribution in [0.3, 0.4) is 0 Å². The number of aryl methyl sites for hydroxylation is 1. The Morgan fingerprint density at radius 2 is 1.96 bits per heavy atom. The van der Waals surface area contributed by atoms with Gasteiger partial charge in [0.15, 0.2) is 0 Å². The zero-order valence-electron chi connectivity index (χ0n) is 15.1. The second-order valence-corrected chi connectivity index (χ2v) is 10.3. The summed E-state index contributed by atoms with van der Waals surface area (Å²) in [6.07, 6.45) is 3.19. The van der Waals surface area contributed by atoms with Gasteiger partial charge in [0.2, 0.25) is 15.9 Å². The first-order valence-electron chi connectivity index (χ1n) is 8.95. The van der Waals surface area contributed by atoms with Gasteiger partial charge in [0, 0.05) is 23.2 Å². The predicted molar refractivity (Wildman–Crippen MR) is 110 cm³/mol. The van der Waals surface area contributed by atoms with Crippen LogP contribution in [0.2, 0.25) is 5.02 Å². The first-order chi connectivity index (χ1) is 12.8. The molecule has 1 aromatic carbocycles. The lowest BCUT2D eigenvalue weighted by molar-refractivity contribution is -0.121. The summed E-state index contributed by atoms with van der Waals surface area (Å²) in [4.78, 5) is 12.5. The number of halogens is 1. The molecule has 1 fully saturated rings. The molecule has 0 radical (unpaired) electrons. The van der Waals surface area contributed by atoms with Gasteiger partial charge in [0.05, 0.1) is 0 Å². The molecule has 1 amide bonds. The van der Waals surface area contributed by atoms with Crippen molar-refractivity contribution in [2.45, 2.75) is 36.8 Å². The third-order valence-electron chi connectivity index (χ3n) is 4.98. The van der Waals surface area contributed by atoms with E-state index >= 15 is 0 Å². The third-order valence-corrected chi connectivity index (χ3v) is 8.21. The zero-order chi connectivity index (χ0) is 19.4. The summed E-state index contributed by atoms with van der Waals surface area (Å²) in [5, 5.41) is 5.32. The maximum absolute atomic E-state index is 12.5. The number of benzene rings is 1. The van der Waals surface area contributed by atoms with Crippen LogP contribution < -0.4 is 10.0 Å². The van der Waals surface area contributed by atoms with Crippen molar-refractivity contribution in [2.75, 3.05) is 11.9 Å². The van der Waals surface area contributed by atoms with Crippen molar-refractivity contribution in [2.24, 2.45) is 11.8 Å². The minimum atomic E-state index is -3.42. The Morgan fingerprint density at radius 1 is 1.22 bits per heavy atom. The van der Waals surface area contributed by atoms with E-state index in [2.05, 4.69) is 10.0 Å². The van der Waals surface area contributed by atoms with Crippen molar-refractivity contribution in [3.63, 3.8) is 0 Å². The fraction of sp³-hybridized carbons (Fsp3) is 0.421. The molecule has 1 saturated carbocycles. The summed E-state index contributed by atoms with van der Waals surface area (Å²) in [5.41, 5.74) is 1.68. The van der Waals surface area contributed by atoms with E-state index in [1.807, 2.05) is 19.1 Å². The largest absolute Gasteiger partial charge is 0.326 e. The van der Waals surface area contributed by atoms with Gasteiger partial charge in [-0.2, -0.15) is 0 Å². The summed E-state index contributed by atoms with van der Waals surface area (Å²) in [6.45, 7) is 2.34. The van der Waals surface area contributed by atoms with Crippen molar-refractivity contribution in [1.82, 2.24) is 4.72 Å². The van der Waals surface area contributed by atoms with E-state index in [9.17, 15) is 13.2 Å². The summed E-state index contributed by atoms with van der Waals surface area (Å²) in [6, 6.07) is 8.83. The molecule has 1 aliphatic rings. The van der Waals surface area contributed by atoms with E-state index in [1.54, 1.807) is 23.6 Å². The Kier molecular flexibility index (Phi) is 6.57. The summed E-state index contributed by atoms with van der Waals surface area (Å²) in [5.74, 6) is 0.223. The van der Waals surface area contributed by atoms with Gasteiger partial charge >= 0.3 is 0 Å². The Bertz CT molecular complexity index is 890. The zero-order valence-corrected chi connectivity index (χ0v) is 17.5. The third kappa shape index (κ3) is 5.31. The Labute approximate surface area is 169 Å². The first kappa shape index (κ1) is 20.3. The molecule has 8 heteroatoms. The molecule has 1 heterocycles. The van der Waals surface area contributed by atoms with E-state index in [-0.39, 0.29) is 17.7 Å². The van der Waals surface area contributed by atoms with Gasteiger partial charge in [-0.05, 0) is 67.7 Å². The lowest BCUT2D eigenvalue weighted by Gasteiger charge is -2.27. The number of sulfonamides is 1. The lowest BCUT2D eigenvalue weighted by atomic mass is 9.81. The molecular formula is C19H23ClN2O3S2. The number of carbonyl (C=O) groups is 1. The van der Waals surface area contributed by atoms with Crippen LogP contribution in [0.5, 0.6) is 0 Å². The molecule has 0 bridgehead atoms.